The Morgan fingerprint density at radius 3 is 1.36 bits per heavy atom. The summed E-state index contributed by atoms with van der Waals surface area (Å²) in [4.78, 5) is 0. The van der Waals surface area contributed by atoms with Crippen molar-refractivity contribution < 1.29 is 10.2 Å². The number of rotatable bonds is 2. The molecule has 0 radical (unpaired) electrons. The van der Waals surface area contributed by atoms with Crippen LogP contribution in [0.15, 0.2) is 121 Å². The molecule has 7 aromatic rings. The molecule has 0 atom stereocenters. The lowest BCUT2D eigenvalue weighted by atomic mass is 9.94. The summed E-state index contributed by atoms with van der Waals surface area (Å²) in [7, 11) is 0. The molecule has 2 nitrogen and oxygen atoms in total. The molecule has 0 fully saturated rings. The first-order valence-electron chi connectivity index (χ1n) is 15.6. The number of benzene rings is 7. The zero-order chi connectivity index (χ0) is 31.2. The minimum atomic E-state index is 0. The third kappa shape index (κ3) is 8.74. The summed E-state index contributed by atoms with van der Waals surface area (Å²) < 4.78 is 0. The van der Waals surface area contributed by atoms with E-state index in [1.807, 2.05) is 62.4 Å². The van der Waals surface area contributed by atoms with Gasteiger partial charge in [-0.05, 0) is 63.0 Å². The normalized spacial score (nSPS) is 9.86. The van der Waals surface area contributed by atoms with Crippen LogP contribution >= 0.6 is 0 Å². The molecule has 0 spiro atoms. The van der Waals surface area contributed by atoms with Gasteiger partial charge in [0.2, 0.25) is 0 Å². The van der Waals surface area contributed by atoms with Gasteiger partial charge in [-0.25, -0.2) is 0 Å². The Balaban J connectivity index is 0.000000221. The van der Waals surface area contributed by atoms with Crippen molar-refractivity contribution in [2.24, 2.45) is 0 Å². The highest BCUT2D eigenvalue weighted by atomic mass is 16.3. The smallest absolute Gasteiger partial charge is 0.123 e. The molecule has 0 saturated carbocycles. The van der Waals surface area contributed by atoms with E-state index in [0.717, 1.165) is 29.0 Å². The summed E-state index contributed by atoms with van der Waals surface area (Å²) in [6.07, 6.45) is 3.54. The van der Waals surface area contributed by atoms with E-state index in [9.17, 15) is 10.2 Å². The molecule has 0 aliphatic heterocycles. The maximum absolute atomic E-state index is 9.95. The summed E-state index contributed by atoms with van der Waals surface area (Å²) in [6.45, 7) is 12.6. The molecular formula is C42H50O2. The van der Waals surface area contributed by atoms with Crippen molar-refractivity contribution in [2.45, 2.75) is 68.2 Å². The lowest BCUT2D eigenvalue weighted by molar-refractivity contribution is 0.481. The Morgan fingerprint density at radius 2 is 0.818 bits per heavy atom. The number of hydrogen-bond acceptors (Lipinski definition) is 2. The van der Waals surface area contributed by atoms with E-state index in [0.29, 0.717) is 11.5 Å². The van der Waals surface area contributed by atoms with Gasteiger partial charge in [0.05, 0.1) is 0 Å². The monoisotopic (exact) mass is 586 g/mol. The van der Waals surface area contributed by atoms with Gasteiger partial charge in [0.15, 0.2) is 0 Å². The van der Waals surface area contributed by atoms with Crippen LogP contribution in [0.25, 0.3) is 43.1 Å². The Morgan fingerprint density at radius 1 is 0.409 bits per heavy atom. The largest absolute Gasteiger partial charge is 0.507 e. The maximum Gasteiger partial charge on any atom is 0.123 e. The lowest BCUT2D eigenvalue weighted by Crippen LogP contribution is -1.83. The van der Waals surface area contributed by atoms with Crippen LogP contribution in [0.2, 0.25) is 0 Å². The van der Waals surface area contributed by atoms with Crippen molar-refractivity contribution in [2.75, 3.05) is 0 Å². The second-order valence-electron chi connectivity index (χ2n) is 10.2. The molecule has 0 aliphatic carbocycles. The standard InChI is InChI=1S/C16H10O.C10H8O.C10H14.C3H8.C2H6.CH4/c17-14-9-7-12-5-4-10-2-1-3-11-6-8-13(14)16(12)15(10)11;11-10-7-3-5-8-4-1-2-6-9(8)10;1-3-9-5-7-10(4-2)8-6-9;1-3-2;1-2;/h1-9,17H;1-7,11H;5-8H,3-4H2,1-2H3;3H2,1-2H3;1-2H3;1H4. The molecular weight excluding hydrogens is 536 g/mol. The molecule has 44 heavy (non-hydrogen) atoms. The number of phenolic OH excluding ortho intramolecular Hbond substituents is 2. The molecule has 230 valence electrons. The lowest BCUT2D eigenvalue weighted by Gasteiger charge is -2.11. The van der Waals surface area contributed by atoms with Crippen molar-refractivity contribution in [1.29, 1.82) is 0 Å². The molecule has 0 amide bonds. The molecule has 0 bridgehead atoms. The molecule has 2 heteroatoms. The van der Waals surface area contributed by atoms with Gasteiger partial charge in [-0.3, -0.25) is 0 Å². The highest BCUT2D eigenvalue weighted by Crippen LogP contribution is 2.37. The summed E-state index contributed by atoms with van der Waals surface area (Å²) in [6, 6.07) is 40.5. The first-order valence-corrected chi connectivity index (χ1v) is 15.6. The van der Waals surface area contributed by atoms with Gasteiger partial charge in [0.1, 0.15) is 11.5 Å². The van der Waals surface area contributed by atoms with E-state index >= 15 is 0 Å². The number of fused-ring (bicyclic) bond motifs is 1. The van der Waals surface area contributed by atoms with Crippen molar-refractivity contribution >= 4 is 43.1 Å². The third-order valence-electron chi connectivity index (χ3n) is 7.11. The summed E-state index contributed by atoms with van der Waals surface area (Å²) >= 11 is 0. The number of aromatic hydroxyl groups is 2. The number of aryl methyl sites for hydroxylation is 2. The van der Waals surface area contributed by atoms with E-state index in [4.69, 9.17) is 0 Å². The zero-order valence-electron chi connectivity index (χ0n) is 26.6. The van der Waals surface area contributed by atoms with E-state index in [1.54, 1.807) is 12.1 Å². The van der Waals surface area contributed by atoms with Crippen molar-refractivity contribution in [3.8, 4) is 11.5 Å². The minimum Gasteiger partial charge on any atom is -0.507 e. The van der Waals surface area contributed by atoms with E-state index < -0.39 is 0 Å². The van der Waals surface area contributed by atoms with Crippen LogP contribution in [0.1, 0.15) is 66.5 Å². The van der Waals surface area contributed by atoms with Gasteiger partial charge in [-0.1, -0.05) is 165 Å². The van der Waals surface area contributed by atoms with E-state index in [-0.39, 0.29) is 7.43 Å². The Bertz CT molecular complexity index is 1770. The van der Waals surface area contributed by atoms with Crippen LogP contribution in [0.4, 0.5) is 0 Å². The quantitative estimate of drug-likeness (QED) is 0.198. The molecule has 7 rings (SSSR count). The number of phenols is 2. The summed E-state index contributed by atoms with van der Waals surface area (Å²) in [5.74, 6) is 0.707. The van der Waals surface area contributed by atoms with Gasteiger partial charge in [0.25, 0.3) is 0 Å². The first-order chi connectivity index (χ1) is 21.0. The van der Waals surface area contributed by atoms with Crippen molar-refractivity contribution in [3.05, 3.63) is 132 Å². The fourth-order valence-corrected chi connectivity index (χ4v) is 4.94. The van der Waals surface area contributed by atoms with E-state index in [2.05, 4.69) is 88.4 Å². The molecule has 7 aromatic carbocycles. The second-order valence-corrected chi connectivity index (χ2v) is 10.2. The summed E-state index contributed by atoms with van der Waals surface area (Å²) in [5.41, 5.74) is 2.86. The highest BCUT2D eigenvalue weighted by Gasteiger charge is 2.09. The van der Waals surface area contributed by atoms with Gasteiger partial charge in [0, 0.05) is 16.2 Å². The van der Waals surface area contributed by atoms with Crippen molar-refractivity contribution in [3.63, 3.8) is 0 Å². The zero-order valence-corrected chi connectivity index (χ0v) is 26.6. The fraction of sp³-hybridized carbons (Fsp3) is 0.238. The third-order valence-corrected chi connectivity index (χ3v) is 7.11. The van der Waals surface area contributed by atoms with Crippen LogP contribution in [0.3, 0.4) is 0 Å². The van der Waals surface area contributed by atoms with Crippen LogP contribution in [-0.4, -0.2) is 10.2 Å². The van der Waals surface area contributed by atoms with Crippen LogP contribution in [0, 0.1) is 0 Å². The van der Waals surface area contributed by atoms with Gasteiger partial charge < -0.3 is 10.2 Å². The molecule has 2 N–H and O–H groups in total. The first kappa shape index (κ1) is 35.6. The Kier molecular flexibility index (Phi) is 14.7. The molecule has 0 unspecified atom stereocenters. The predicted octanol–water partition coefficient (Wildman–Crippen LogP) is 12.7. The molecule has 0 aliphatic rings. The topological polar surface area (TPSA) is 40.5 Å². The average Bonchev–Trinajstić information content (AvgIpc) is 3.07. The van der Waals surface area contributed by atoms with Gasteiger partial charge in [-0.2, -0.15) is 0 Å². The summed E-state index contributed by atoms with van der Waals surface area (Å²) in [5, 5.41) is 28.3. The SMILES string of the molecule is C.CC.CCC.CCc1ccc(CC)cc1.Oc1ccc2ccc3cccc4ccc1c2c34.Oc1cccc2ccccc12. The van der Waals surface area contributed by atoms with Gasteiger partial charge >= 0.3 is 0 Å². The number of hydrogen-bond donors (Lipinski definition) is 2. The average molecular weight is 587 g/mol. The fourth-order valence-electron chi connectivity index (χ4n) is 4.94. The maximum atomic E-state index is 9.95. The molecule has 0 heterocycles. The van der Waals surface area contributed by atoms with E-state index in [1.165, 1.54) is 44.5 Å². The second kappa shape index (κ2) is 18.2. The van der Waals surface area contributed by atoms with Crippen LogP contribution < -0.4 is 0 Å². The Labute approximate surface area is 265 Å². The Hall–Kier alpha value is -4.56. The molecule has 0 aromatic heterocycles. The highest BCUT2D eigenvalue weighted by molar-refractivity contribution is 6.24. The van der Waals surface area contributed by atoms with Crippen LogP contribution in [-0.2, 0) is 12.8 Å². The van der Waals surface area contributed by atoms with Crippen molar-refractivity contribution in [1.82, 2.24) is 0 Å². The predicted molar refractivity (Wildman–Crippen MR) is 197 cm³/mol. The van der Waals surface area contributed by atoms with Gasteiger partial charge in [-0.15, -0.1) is 0 Å². The minimum absolute atomic E-state index is 0. The molecule has 0 saturated heterocycles. The van der Waals surface area contributed by atoms with Crippen LogP contribution in [0.5, 0.6) is 11.5 Å².